The van der Waals surface area contributed by atoms with E-state index in [1.807, 2.05) is 0 Å². The highest BCUT2D eigenvalue weighted by molar-refractivity contribution is 5.70. The van der Waals surface area contributed by atoms with Crippen molar-refractivity contribution in [2.24, 2.45) is 0 Å². The maximum Gasteiger partial charge on any atom is 0.302 e. The van der Waals surface area contributed by atoms with Gasteiger partial charge in [-0.15, -0.1) is 0 Å². The minimum absolute atomic E-state index is 0.0813. The van der Waals surface area contributed by atoms with E-state index in [1.165, 1.54) is 30.3 Å². The number of phenols is 3. The number of aliphatic hydroxyl groups is 8. The Morgan fingerprint density at radius 3 is 2.07 bits per heavy atom. The summed E-state index contributed by atoms with van der Waals surface area (Å²) in [4.78, 5) is 11.3. The van der Waals surface area contributed by atoms with Crippen molar-refractivity contribution in [1.82, 2.24) is 0 Å². The molecule has 0 amide bonds. The van der Waals surface area contributed by atoms with Crippen LogP contribution in [0.25, 0.3) is 6.08 Å². The van der Waals surface area contributed by atoms with Gasteiger partial charge in [-0.25, -0.2) is 0 Å². The van der Waals surface area contributed by atoms with Gasteiger partial charge in [0.05, 0.1) is 18.2 Å². The van der Waals surface area contributed by atoms with Crippen molar-refractivity contribution >= 4 is 12.0 Å². The van der Waals surface area contributed by atoms with Crippen LogP contribution in [0.4, 0.5) is 0 Å². The van der Waals surface area contributed by atoms with E-state index >= 15 is 0 Å². The maximum atomic E-state index is 11.3. The smallest absolute Gasteiger partial charge is 0.302 e. The van der Waals surface area contributed by atoms with Gasteiger partial charge in [0, 0.05) is 19.1 Å². The number of ether oxygens (including phenoxy) is 6. The molecule has 0 aromatic heterocycles. The highest BCUT2D eigenvalue weighted by Gasteiger charge is 2.48. The van der Waals surface area contributed by atoms with Crippen LogP contribution in [0.5, 0.6) is 28.7 Å². The zero-order chi connectivity index (χ0) is 33.4. The number of carbonyl (C=O) groups excluding carboxylic acids is 1. The molecule has 0 bridgehead atoms. The number of aliphatic hydroxyl groups excluding tert-OH is 7. The summed E-state index contributed by atoms with van der Waals surface area (Å²) < 4.78 is 32.3. The summed E-state index contributed by atoms with van der Waals surface area (Å²) in [5.74, 6) is -2.20. The first-order valence-corrected chi connectivity index (χ1v) is 14.1. The topological polar surface area (TPSA) is 278 Å². The van der Waals surface area contributed by atoms with E-state index in [9.17, 15) is 55.9 Å². The number of fused-ring (bicyclic) bond motifs is 1. The molecule has 0 aliphatic carbocycles. The number of rotatable bonds is 8. The third kappa shape index (κ3) is 6.63. The largest absolute Gasteiger partial charge is 0.571 e. The predicted octanol–water partition coefficient (Wildman–Crippen LogP) is -2.29. The average molecular weight is 656 g/mol. The molecule has 17 heteroatoms. The standard InChI is InChI=1S/C29H34O17/c1-10(31)41-9-20-22(36)24(38)26(40)29(46-20)44-18-7-13-16(42-27(18)11-2-3-14(33)15(34)4-11)5-12(32)6-17(13)43-28-25(39)23(37)21(35)19(8-30)45-28/h2-7,19-30,32-40H,8-9H2,1H3/p+1. The number of hydrogen-bond donors (Lipinski definition) is 10. The fourth-order valence-electron chi connectivity index (χ4n) is 5.19. The number of hydrogen-bond acceptors (Lipinski definition) is 16. The van der Waals surface area contributed by atoms with Crippen molar-refractivity contribution in [3.05, 3.63) is 47.2 Å². The third-order valence-electron chi connectivity index (χ3n) is 7.71. The van der Waals surface area contributed by atoms with Crippen LogP contribution in [0.1, 0.15) is 24.2 Å². The Kier molecular flexibility index (Phi) is 9.78. The Labute approximate surface area is 260 Å². The Balaban J connectivity index is 1.53. The second kappa shape index (κ2) is 13.4. The molecule has 252 valence electrons. The molecular weight excluding hydrogens is 620 g/mol. The highest BCUT2D eigenvalue weighted by Crippen LogP contribution is 2.47. The molecule has 46 heavy (non-hydrogen) atoms. The summed E-state index contributed by atoms with van der Waals surface area (Å²) in [5.41, 5.74) is 0.348. The fraction of sp³-hybridized carbons (Fsp3) is 0.483. The van der Waals surface area contributed by atoms with Crippen molar-refractivity contribution in [2.45, 2.75) is 74.4 Å². The van der Waals surface area contributed by atoms with Crippen molar-refractivity contribution < 1.29 is 84.3 Å². The van der Waals surface area contributed by atoms with Gasteiger partial charge in [-0.3, -0.25) is 4.79 Å². The van der Waals surface area contributed by atoms with Crippen molar-refractivity contribution in [3.8, 4) is 28.7 Å². The summed E-state index contributed by atoms with van der Waals surface area (Å²) in [6, 6.07) is 6.14. The van der Waals surface area contributed by atoms with Crippen LogP contribution in [0, 0.1) is 0 Å². The van der Waals surface area contributed by atoms with E-state index in [0.717, 1.165) is 13.0 Å². The molecule has 3 aliphatic rings. The third-order valence-corrected chi connectivity index (χ3v) is 7.71. The quantitative estimate of drug-likeness (QED) is 0.0814. The fourth-order valence-corrected chi connectivity index (χ4v) is 5.19. The normalized spacial score (nSPS) is 34.1. The Morgan fingerprint density at radius 1 is 0.804 bits per heavy atom. The zero-order valence-corrected chi connectivity index (χ0v) is 24.1. The van der Waals surface area contributed by atoms with E-state index < -0.39 is 98.2 Å². The van der Waals surface area contributed by atoms with Gasteiger partial charge in [-0.1, -0.05) is 0 Å². The molecule has 0 radical (unpaired) electrons. The summed E-state index contributed by atoms with van der Waals surface area (Å²) in [7, 11) is 0. The SMILES string of the molecule is CC(=O)OCC1OC(OC2=Cc3c(OC4OC(CO)C(O)C(O)C4O)cc(O)cc3[OH+]C2c2ccc(O)c(O)c2)C(O)C(O)C1O. The molecule has 2 saturated heterocycles. The lowest BCUT2D eigenvalue weighted by atomic mass is 9.98. The van der Waals surface area contributed by atoms with Crippen LogP contribution in [-0.2, 0) is 23.7 Å². The minimum atomic E-state index is -1.83. The zero-order valence-electron chi connectivity index (χ0n) is 24.1. The molecule has 11 N–H and O–H groups in total. The number of phenolic OH excluding ortho intramolecular Hbond substituents is 3. The first-order valence-electron chi connectivity index (χ1n) is 14.1. The lowest BCUT2D eigenvalue weighted by Crippen LogP contribution is -2.60. The molecule has 2 aromatic rings. The van der Waals surface area contributed by atoms with Gasteiger partial charge in [-0.05, 0) is 18.2 Å². The van der Waals surface area contributed by atoms with E-state index in [2.05, 4.69) is 4.74 Å². The molecule has 5 rings (SSSR count). The predicted molar refractivity (Wildman–Crippen MR) is 149 cm³/mol. The average Bonchev–Trinajstić information content (AvgIpc) is 3.02. The first-order chi connectivity index (χ1) is 21.8. The van der Waals surface area contributed by atoms with Gasteiger partial charge in [0.15, 0.2) is 17.3 Å². The number of carbonyl (C=O) groups is 1. The minimum Gasteiger partial charge on any atom is -0.571 e. The summed E-state index contributed by atoms with van der Waals surface area (Å²) in [6.07, 6.45) is -16.3. The number of benzene rings is 2. The molecular formula is C29H35O17+. The number of aromatic hydroxyl groups is 4. The van der Waals surface area contributed by atoms with Crippen LogP contribution in [-0.4, -0.2) is 136 Å². The van der Waals surface area contributed by atoms with Gasteiger partial charge in [0.25, 0.3) is 11.9 Å². The lowest BCUT2D eigenvalue weighted by molar-refractivity contribution is -0.296. The molecule has 2 aromatic carbocycles. The molecule has 0 saturated carbocycles. The van der Waals surface area contributed by atoms with Gasteiger partial charge in [0.1, 0.15) is 72.5 Å². The Hall–Kier alpha value is -3.91. The monoisotopic (exact) mass is 655 g/mol. The van der Waals surface area contributed by atoms with Crippen LogP contribution in [0.3, 0.4) is 0 Å². The van der Waals surface area contributed by atoms with Gasteiger partial charge in [0.2, 0.25) is 12.6 Å². The molecule has 0 spiro atoms. The summed E-state index contributed by atoms with van der Waals surface area (Å²) >= 11 is 0. The molecule has 11 unspecified atom stereocenters. The first kappa shape index (κ1) is 33.5. The van der Waals surface area contributed by atoms with Crippen LogP contribution in [0.15, 0.2) is 36.1 Å². The van der Waals surface area contributed by atoms with Gasteiger partial charge < -0.3 is 79.5 Å². The molecule has 3 heterocycles. The summed E-state index contributed by atoms with van der Waals surface area (Å²) in [5, 5.41) is 103. The Bertz CT molecular complexity index is 1450. The lowest BCUT2D eigenvalue weighted by Gasteiger charge is -2.41. The number of esters is 1. The maximum absolute atomic E-state index is 11.3. The second-order valence-electron chi connectivity index (χ2n) is 11.0. The summed E-state index contributed by atoms with van der Waals surface area (Å²) in [6.45, 7) is -0.0857. The van der Waals surface area contributed by atoms with Crippen LogP contribution < -0.4 is 4.74 Å². The molecule has 3 aliphatic heterocycles. The molecule has 17 nitrogen and oxygen atoms in total. The van der Waals surface area contributed by atoms with Gasteiger partial charge in [-0.2, -0.15) is 0 Å². The van der Waals surface area contributed by atoms with Crippen molar-refractivity contribution in [1.29, 1.82) is 0 Å². The van der Waals surface area contributed by atoms with E-state index in [-0.39, 0.29) is 34.1 Å². The van der Waals surface area contributed by atoms with Crippen molar-refractivity contribution in [2.75, 3.05) is 13.2 Å². The highest BCUT2D eigenvalue weighted by atomic mass is 16.7. The van der Waals surface area contributed by atoms with Crippen LogP contribution >= 0.6 is 0 Å². The molecule has 11 atom stereocenters. The van der Waals surface area contributed by atoms with E-state index in [0.29, 0.717) is 0 Å². The van der Waals surface area contributed by atoms with Gasteiger partial charge >= 0.3 is 5.97 Å². The second-order valence-corrected chi connectivity index (χ2v) is 11.0. The van der Waals surface area contributed by atoms with E-state index in [1.54, 1.807) is 0 Å². The van der Waals surface area contributed by atoms with Crippen molar-refractivity contribution in [3.63, 3.8) is 0 Å². The molecule has 2 fully saturated rings. The van der Waals surface area contributed by atoms with E-state index in [4.69, 9.17) is 23.7 Å². The van der Waals surface area contributed by atoms with Crippen LogP contribution in [0.2, 0.25) is 0 Å². The Morgan fingerprint density at radius 2 is 1.43 bits per heavy atom.